The molecular weight excluding hydrogens is 538 g/mol. The maximum atomic E-state index is 13.9. The van der Waals surface area contributed by atoms with Crippen LogP contribution in [-0.2, 0) is 26.0 Å². The fourth-order valence-electron chi connectivity index (χ4n) is 4.10. The number of hydrogen-bond acceptors (Lipinski definition) is 5. The van der Waals surface area contributed by atoms with Gasteiger partial charge in [-0.05, 0) is 63.1 Å². The Kier molecular flexibility index (Phi) is 10.4. The number of methoxy groups -OCH3 is 1. The van der Waals surface area contributed by atoms with Gasteiger partial charge in [0, 0.05) is 18.1 Å². The van der Waals surface area contributed by atoms with Crippen LogP contribution in [0.1, 0.15) is 25.0 Å². The van der Waals surface area contributed by atoms with Gasteiger partial charge in [0.25, 0.3) is 10.0 Å². The molecule has 1 atom stereocenters. The van der Waals surface area contributed by atoms with Crippen LogP contribution in [0.4, 0.5) is 5.69 Å². The van der Waals surface area contributed by atoms with Gasteiger partial charge in [-0.2, -0.15) is 0 Å². The molecule has 0 aliphatic carbocycles. The normalized spacial score (nSPS) is 11.9. The molecule has 208 valence electrons. The molecule has 0 aliphatic rings. The highest BCUT2D eigenvalue weighted by Crippen LogP contribution is 2.35. The number of sulfonamides is 1. The quantitative estimate of drug-likeness (QED) is 0.346. The van der Waals surface area contributed by atoms with Crippen molar-refractivity contribution in [2.45, 2.75) is 38.1 Å². The number of nitrogens with one attached hydrogen (secondary N) is 1. The van der Waals surface area contributed by atoms with Crippen molar-refractivity contribution in [3.63, 3.8) is 0 Å². The number of ether oxygens (including phenoxy) is 1. The van der Waals surface area contributed by atoms with E-state index in [9.17, 15) is 18.0 Å². The van der Waals surface area contributed by atoms with Gasteiger partial charge < -0.3 is 15.0 Å². The van der Waals surface area contributed by atoms with Crippen molar-refractivity contribution in [1.82, 2.24) is 10.2 Å². The van der Waals surface area contributed by atoms with Crippen molar-refractivity contribution in [2.75, 3.05) is 31.0 Å². The molecule has 3 aromatic carbocycles. The van der Waals surface area contributed by atoms with Crippen LogP contribution in [0.15, 0.2) is 77.7 Å². The molecule has 0 radical (unpaired) electrons. The lowest BCUT2D eigenvalue weighted by atomic mass is 10.1. The third-order valence-corrected chi connectivity index (χ3v) is 8.31. The van der Waals surface area contributed by atoms with E-state index in [1.807, 2.05) is 37.3 Å². The van der Waals surface area contributed by atoms with E-state index in [2.05, 4.69) is 5.32 Å². The monoisotopic (exact) mass is 571 g/mol. The Hall–Kier alpha value is -3.56. The zero-order valence-corrected chi connectivity index (χ0v) is 24.1. The standard InChI is InChI=1S/C29H34ClN3O5S/c1-5-31-29(35)22(3)32(18-17-23-9-7-6-8-10-23)28(34)20-33(26-19-24(30)13-16-27(26)38-4)39(36,37)25-14-11-21(2)12-15-25/h6-16,19,22H,5,17-18,20H2,1-4H3,(H,31,35)/t22-/m1/s1. The third kappa shape index (κ3) is 7.52. The lowest BCUT2D eigenvalue weighted by Crippen LogP contribution is -2.52. The van der Waals surface area contributed by atoms with E-state index >= 15 is 0 Å². The van der Waals surface area contributed by atoms with Gasteiger partial charge in [0.15, 0.2) is 0 Å². The van der Waals surface area contributed by atoms with Gasteiger partial charge in [-0.25, -0.2) is 8.42 Å². The molecule has 0 aromatic heterocycles. The van der Waals surface area contributed by atoms with Crippen molar-refractivity contribution < 1.29 is 22.7 Å². The molecule has 0 heterocycles. The van der Waals surface area contributed by atoms with Gasteiger partial charge in [-0.15, -0.1) is 0 Å². The molecule has 0 bridgehead atoms. The summed E-state index contributed by atoms with van der Waals surface area (Å²) in [6, 6.07) is 19.7. The maximum absolute atomic E-state index is 13.9. The maximum Gasteiger partial charge on any atom is 0.264 e. The molecule has 3 rings (SSSR count). The summed E-state index contributed by atoms with van der Waals surface area (Å²) in [7, 11) is -2.81. The number of hydrogen-bond donors (Lipinski definition) is 1. The Morgan fingerprint density at radius 2 is 1.69 bits per heavy atom. The van der Waals surface area contributed by atoms with Gasteiger partial charge in [-0.1, -0.05) is 59.6 Å². The van der Waals surface area contributed by atoms with Gasteiger partial charge in [0.2, 0.25) is 11.8 Å². The molecule has 8 nitrogen and oxygen atoms in total. The molecule has 0 saturated heterocycles. The predicted octanol–water partition coefficient (Wildman–Crippen LogP) is 4.45. The Morgan fingerprint density at radius 1 is 1.03 bits per heavy atom. The van der Waals surface area contributed by atoms with Gasteiger partial charge in [-0.3, -0.25) is 13.9 Å². The molecule has 0 aliphatic heterocycles. The molecular formula is C29H34ClN3O5S. The molecule has 1 N–H and O–H groups in total. The van der Waals surface area contributed by atoms with Crippen LogP contribution in [-0.4, -0.2) is 57.9 Å². The fraction of sp³-hybridized carbons (Fsp3) is 0.310. The van der Waals surface area contributed by atoms with E-state index in [4.69, 9.17) is 16.3 Å². The number of carbonyl (C=O) groups excluding carboxylic acids is 2. The van der Waals surface area contributed by atoms with Crippen LogP contribution in [0.2, 0.25) is 5.02 Å². The first-order chi connectivity index (χ1) is 18.6. The fourth-order valence-corrected chi connectivity index (χ4v) is 5.68. The topological polar surface area (TPSA) is 96.0 Å². The molecule has 2 amide bonds. The highest BCUT2D eigenvalue weighted by atomic mass is 35.5. The number of amides is 2. The van der Waals surface area contributed by atoms with E-state index in [-0.39, 0.29) is 33.8 Å². The molecule has 0 unspecified atom stereocenters. The third-order valence-electron chi connectivity index (χ3n) is 6.30. The summed E-state index contributed by atoms with van der Waals surface area (Å²) in [4.78, 5) is 28.1. The van der Waals surface area contributed by atoms with E-state index in [1.54, 1.807) is 38.1 Å². The summed E-state index contributed by atoms with van der Waals surface area (Å²) in [6.07, 6.45) is 0.488. The molecule has 0 saturated carbocycles. The Balaban J connectivity index is 2.05. The minimum atomic E-state index is -4.23. The number of anilines is 1. The zero-order valence-electron chi connectivity index (χ0n) is 22.6. The van der Waals surface area contributed by atoms with Crippen LogP contribution in [0.3, 0.4) is 0 Å². The van der Waals surface area contributed by atoms with E-state index < -0.39 is 28.5 Å². The van der Waals surface area contributed by atoms with E-state index in [0.29, 0.717) is 13.0 Å². The average Bonchev–Trinajstić information content (AvgIpc) is 2.92. The van der Waals surface area contributed by atoms with Crippen molar-refractivity contribution in [3.8, 4) is 5.75 Å². The smallest absolute Gasteiger partial charge is 0.264 e. The summed E-state index contributed by atoms with van der Waals surface area (Å²) < 4.78 is 34.3. The van der Waals surface area contributed by atoms with Crippen molar-refractivity contribution in [2.24, 2.45) is 0 Å². The summed E-state index contributed by atoms with van der Waals surface area (Å²) in [5.41, 5.74) is 1.99. The molecule has 0 spiro atoms. The van der Waals surface area contributed by atoms with Crippen LogP contribution in [0.5, 0.6) is 5.75 Å². The highest BCUT2D eigenvalue weighted by Gasteiger charge is 2.33. The Morgan fingerprint density at radius 3 is 2.31 bits per heavy atom. The van der Waals surface area contributed by atoms with Crippen LogP contribution < -0.4 is 14.4 Å². The number of carbonyl (C=O) groups is 2. The lowest BCUT2D eigenvalue weighted by Gasteiger charge is -2.32. The second-order valence-corrected chi connectivity index (χ2v) is 11.3. The average molecular weight is 572 g/mol. The van der Waals surface area contributed by atoms with Gasteiger partial charge in [0.05, 0.1) is 17.7 Å². The largest absolute Gasteiger partial charge is 0.495 e. The Bertz CT molecular complexity index is 1380. The number of rotatable bonds is 12. The number of nitrogens with zero attached hydrogens (tertiary/aromatic N) is 2. The summed E-state index contributed by atoms with van der Waals surface area (Å²) >= 11 is 6.25. The number of halogens is 1. The summed E-state index contributed by atoms with van der Waals surface area (Å²) in [5.74, 6) is -0.634. The van der Waals surface area contributed by atoms with Gasteiger partial charge in [0.1, 0.15) is 18.3 Å². The van der Waals surface area contributed by atoms with Crippen molar-refractivity contribution in [1.29, 1.82) is 0 Å². The number of benzene rings is 3. The minimum absolute atomic E-state index is 0.00976. The van der Waals surface area contributed by atoms with E-state index in [0.717, 1.165) is 15.4 Å². The minimum Gasteiger partial charge on any atom is -0.495 e. The number of likely N-dealkylation sites (N-methyl/N-ethyl adjacent to an activating group) is 1. The second-order valence-electron chi connectivity index (χ2n) is 9.03. The van der Waals surface area contributed by atoms with Crippen molar-refractivity contribution >= 4 is 39.1 Å². The first-order valence-electron chi connectivity index (χ1n) is 12.6. The molecule has 0 fully saturated rings. The van der Waals surface area contributed by atoms with Crippen molar-refractivity contribution in [3.05, 3.63) is 88.9 Å². The molecule has 10 heteroatoms. The molecule has 39 heavy (non-hydrogen) atoms. The second kappa shape index (κ2) is 13.5. The first kappa shape index (κ1) is 30.0. The summed E-state index contributed by atoms with van der Waals surface area (Å²) in [6.45, 7) is 5.33. The van der Waals surface area contributed by atoms with Gasteiger partial charge >= 0.3 is 0 Å². The Labute approximate surface area is 235 Å². The first-order valence-corrected chi connectivity index (χ1v) is 14.4. The molecule has 3 aromatic rings. The lowest BCUT2D eigenvalue weighted by molar-refractivity contribution is -0.138. The van der Waals surface area contributed by atoms with Crippen LogP contribution in [0.25, 0.3) is 0 Å². The SMILES string of the molecule is CCNC(=O)[C@@H](C)N(CCc1ccccc1)C(=O)CN(c1cc(Cl)ccc1OC)S(=O)(=O)c1ccc(C)cc1. The zero-order chi connectivity index (χ0) is 28.6. The van der Waals surface area contributed by atoms with Crippen LogP contribution >= 0.6 is 11.6 Å². The van der Waals surface area contributed by atoms with Crippen LogP contribution in [0, 0.1) is 6.92 Å². The summed E-state index contributed by atoms with van der Waals surface area (Å²) in [5, 5.41) is 3.03. The predicted molar refractivity (Wildman–Crippen MR) is 154 cm³/mol. The number of aryl methyl sites for hydroxylation is 1. The van der Waals surface area contributed by atoms with E-state index in [1.165, 1.54) is 30.2 Å². The highest BCUT2D eigenvalue weighted by molar-refractivity contribution is 7.92.